The van der Waals surface area contributed by atoms with Crippen molar-refractivity contribution >= 4 is 11.9 Å². The van der Waals surface area contributed by atoms with Gasteiger partial charge < -0.3 is 25.0 Å². The molecule has 2 aliphatic heterocycles. The Bertz CT molecular complexity index is 976. The van der Waals surface area contributed by atoms with E-state index >= 15 is 0 Å². The topological polar surface area (TPSA) is 108 Å². The Balaban J connectivity index is 1.75. The molecule has 2 aromatic carbocycles. The number of methoxy groups -OCH3 is 1. The number of carboxylic acid groups (broad SMARTS) is 1. The molecule has 0 aliphatic carbocycles. The predicted molar refractivity (Wildman–Crippen MR) is 108 cm³/mol. The summed E-state index contributed by atoms with van der Waals surface area (Å²) in [7, 11) is 1.54. The maximum absolute atomic E-state index is 12.6. The number of benzene rings is 2. The number of aliphatic carboxylic acids is 1. The van der Waals surface area contributed by atoms with Gasteiger partial charge in [-0.3, -0.25) is 14.5 Å². The summed E-state index contributed by atoms with van der Waals surface area (Å²) in [6.45, 7) is 0.877. The van der Waals surface area contributed by atoms with Crippen LogP contribution in [0.1, 0.15) is 23.5 Å². The smallest absolute Gasteiger partial charge is 0.317 e. The minimum Gasteiger partial charge on any atom is -0.504 e. The number of fused-ring (bicyclic) bond motifs is 6. The molecule has 2 heterocycles. The first-order valence-electron chi connectivity index (χ1n) is 9.84. The average Bonchev–Trinajstić information content (AvgIpc) is 3.09. The van der Waals surface area contributed by atoms with E-state index in [-0.39, 0.29) is 42.3 Å². The molecule has 0 radical (unpaired) electrons. The number of carbonyl (C=O) groups excluding carboxylic acids is 1. The third kappa shape index (κ3) is 4.18. The van der Waals surface area contributed by atoms with Gasteiger partial charge in [-0.15, -0.1) is 0 Å². The fourth-order valence-corrected chi connectivity index (χ4v) is 4.14. The largest absolute Gasteiger partial charge is 0.504 e. The molecular formula is C22H24N2O6. The third-order valence-electron chi connectivity index (χ3n) is 5.60. The number of rotatable bonds is 3. The number of likely N-dealkylation sites (tertiary alicyclic amines) is 1. The molecule has 2 atom stereocenters. The number of hydrogen-bond acceptors (Lipinski definition) is 6. The van der Waals surface area contributed by atoms with Crippen LogP contribution in [0.25, 0.3) is 0 Å². The lowest BCUT2D eigenvalue weighted by Crippen LogP contribution is -2.40. The third-order valence-corrected chi connectivity index (χ3v) is 5.60. The highest BCUT2D eigenvalue weighted by Gasteiger charge is 2.36. The average molecular weight is 412 g/mol. The molecule has 30 heavy (non-hydrogen) atoms. The van der Waals surface area contributed by atoms with Crippen molar-refractivity contribution in [3.05, 3.63) is 47.5 Å². The molecule has 3 N–H and O–H groups in total. The zero-order valence-corrected chi connectivity index (χ0v) is 16.6. The second-order valence-corrected chi connectivity index (χ2v) is 7.68. The monoisotopic (exact) mass is 412 g/mol. The van der Waals surface area contributed by atoms with Crippen molar-refractivity contribution in [3.63, 3.8) is 0 Å². The van der Waals surface area contributed by atoms with Gasteiger partial charge in [-0.05, 0) is 41.8 Å². The zero-order valence-electron chi connectivity index (χ0n) is 16.6. The molecule has 4 rings (SSSR count). The second kappa shape index (κ2) is 8.23. The molecule has 2 aromatic rings. The zero-order chi connectivity index (χ0) is 21.3. The van der Waals surface area contributed by atoms with Gasteiger partial charge in [0.25, 0.3) is 0 Å². The molecule has 0 saturated carbocycles. The van der Waals surface area contributed by atoms with Gasteiger partial charge in [0, 0.05) is 31.5 Å². The lowest BCUT2D eigenvalue weighted by molar-refractivity contribution is -0.138. The predicted octanol–water partition coefficient (Wildman–Crippen LogP) is 2.11. The van der Waals surface area contributed by atoms with E-state index in [0.717, 1.165) is 11.1 Å². The Morgan fingerprint density at radius 1 is 1.20 bits per heavy atom. The first kappa shape index (κ1) is 20.0. The molecule has 0 aromatic heterocycles. The summed E-state index contributed by atoms with van der Waals surface area (Å²) < 4.78 is 11.4. The molecule has 1 saturated heterocycles. The maximum atomic E-state index is 12.6. The van der Waals surface area contributed by atoms with Crippen LogP contribution in [-0.2, 0) is 16.0 Å². The summed E-state index contributed by atoms with van der Waals surface area (Å²) in [5.74, 6) is 0.158. The molecule has 4 bridgehead atoms. The molecule has 1 fully saturated rings. The van der Waals surface area contributed by atoms with E-state index in [0.29, 0.717) is 31.0 Å². The van der Waals surface area contributed by atoms with E-state index in [1.807, 2.05) is 17.0 Å². The fourth-order valence-electron chi connectivity index (χ4n) is 4.14. The van der Waals surface area contributed by atoms with E-state index in [2.05, 4.69) is 5.32 Å². The number of carboxylic acids is 1. The number of hydrogen-bond donors (Lipinski definition) is 3. The number of amides is 1. The highest BCUT2D eigenvalue weighted by Crippen LogP contribution is 2.40. The lowest BCUT2D eigenvalue weighted by Gasteiger charge is -2.21. The summed E-state index contributed by atoms with van der Waals surface area (Å²) in [6, 6.07) is 10.3. The number of phenols is 1. The van der Waals surface area contributed by atoms with E-state index in [1.54, 1.807) is 31.4 Å². The normalized spacial score (nSPS) is 21.3. The van der Waals surface area contributed by atoms with Crippen LogP contribution in [0.15, 0.2) is 36.4 Å². The highest BCUT2D eigenvalue weighted by molar-refractivity contribution is 5.77. The Morgan fingerprint density at radius 3 is 2.80 bits per heavy atom. The van der Waals surface area contributed by atoms with Crippen LogP contribution < -0.4 is 14.8 Å². The fraction of sp³-hybridized carbons (Fsp3) is 0.364. The van der Waals surface area contributed by atoms with Gasteiger partial charge in [-0.1, -0.05) is 12.1 Å². The summed E-state index contributed by atoms with van der Waals surface area (Å²) in [4.78, 5) is 25.6. The molecule has 8 heteroatoms. The molecule has 8 nitrogen and oxygen atoms in total. The molecule has 158 valence electrons. The second-order valence-electron chi connectivity index (χ2n) is 7.68. The van der Waals surface area contributed by atoms with E-state index in [9.17, 15) is 19.8 Å². The van der Waals surface area contributed by atoms with Gasteiger partial charge in [0.2, 0.25) is 5.91 Å². The first-order valence-corrected chi connectivity index (χ1v) is 9.84. The Labute approximate surface area is 174 Å². The van der Waals surface area contributed by atoms with Crippen LogP contribution in [-0.4, -0.2) is 59.8 Å². The van der Waals surface area contributed by atoms with Crippen molar-refractivity contribution in [1.29, 1.82) is 0 Å². The number of aromatic hydroxyl groups is 1. The van der Waals surface area contributed by atoms with Crippen LogP contribution in [0.2, 0.25) is 0 Å². The number of nitrogens with zero attached hydrogens (tertiary/aromatic N) is 1. The lowest BCUT2D eigenvalue weighted by atomic mass is 9.93. The van der Waals surface area contributed by atoms with Crippen molar-refractivity contribution < 1.29 is 29.3 Å². The first-order chi connectivity index (χ1) is 14.4. The van der Waals surface area contributed by atoms with Gasteiger partial charge in [0.1, 0.15) is 0 Å². The number of carbonyl (C=O) groups is 2. The molecule has 2 aliphatic rings. The van der Waals surface area contributed by atoms with Gasteiger partial charge >= 0.3 is 5.97 Å². The summed E-state index contributed by atoms with van der Waals surface area (Å²) >= 11 is 0. The van der Waals surface area contributed by atoms with E-state index < -0.39 is 5.97 Å². The Kier molecular flexibility index (Phi) is 5.50. The Hall–Kier alpha value is -3.26. The number of aryl methyl sites for hydroxylation is 1. The van der Waals surface area contributed by atoms with Crippen molar-refractivity contribution in [3.8, 4) is 23.0 Å². The molecule has 1 amide bonds. The van der Waals surface area contributed by atoms with Crippen molar-refractivity contribution in [2.24, 2.45) is 0 Å². The quantitative estimate of drug-likeness (QED) is 0.709. The standard InChI is InChI=1S/C22H24N2O6/c1-29-18-6-4-14-9-20(18)30-19-8-13(2-5-17(19)25)3-7-21(26)23-16-11-24(10-15(14)16)12-22(27)28/h2,4-6,8-9,15-16,25H,3,7,10-12H2,1H3,(H,23,26)(H,27,28)/t15-,16+/m0/s1. The number of nitrogens with one attached hydrogen (secondary N) is 1. The van der Waals surface area contributed by atoms with Crippen LogP contribution in [0.4, 0.5) is 0 Å². The van der Waals surface area contributed by atoms with Crippen molar-refractivity contribution in [2.75, 3.05) is 26.7 Å². The van der Waals surface area contributed by atoms with Gasteiger partial charge in [-0.25, -0.2) is 0 Å². The minimum absolute atomic E-state index is 0.00286. The maximum Gasteiger partial charge on any atom is 0.317 e. The van der Waals surface area contributed by atoms with Gasteiger partial charge in [-0.2, -0.15) is 0 Å². The number of ether oxygens (including phenoxy) is 2. The van der Waals surface area contributed by atoms with Gasteiger partial charge in [0.05, 0.1) is 13.7 Å². The Morgan fingerprint density at radius 2 is 2.03 bits per heavy atom. The van der Waals surface area contributed by atoms with Crippen LogP contribution in [0, 0.1) is 0 Å². The molecule has 0 spiro atoms. The highest BCUT2D eigenvalue weighted by atomic mass is 16.5. The van der Waals surface area contributed by atoms with Crippen molar-refractivity contribution in [2.45, 2.75) is 24.8 Å². The van der Waals surface area contributed by atoms with Crippen LogP contribution >= 0.6 is 0 Å². The summed E-state index contributed by atoms with van der Waals surface area (Å²) in [5.41, 5.74) is 1.77. The summed E-state index contributed by atoms with van der Waals surface area (Å²) in [5, 5.41) is 22.5. The van der Waals surface area contributed by atoms with Crippen LogP contribution in [0.3, 0.4) is 0 Å². The minimum atomic E-state index is -0.900. The van der Waals surface area contributed by atoms with Crippen molar-refractivity contribution in [1.82, 2.24) is 10.2 Å². The van der Waals surface area contributed by atoms with Crippen LogP contribution in [0.5, 0.6) is 23.0 Å². The van der Waals surface area contributed by atoms with E-state index in [4.69, 9.17) is 9.47 Å². The van der Waals surface area contributed by atoms with Gasteiger partial charge in [0.15, 0.2) is 23.0 Å². The summed E-state index contributed by atoms with van der Waals surface area (Å²) in [6.07, 6.45) is 0.778. The molecular weight excluding hydrogens is 388 g/mol. The number of phenolic OH excluding ortho intramolecular Hbond substituents is 1. The molecule has 0 unspecified atom stereocenters. The van der Waals surface area contributed by atoms with E-state index in [1.165, 1.54) is 0 Å². The SMILES string of the molecule is COc1ccc2cc1Oc1cc(ccc1O)CCC(=O)N[C@@H]1CN(CC(=O)O)C[C@@H]21.